The molecule has 1 unspecified atom stereocenters. The van der Waals surface area contributed by atoms with Crippen molar-refractivity contribution in [3.63, 3.8) is 0 Å². The molecule has 0 bridgehead atoms. The van der Waals surface area contributed by atoms with E-state index in [2.05, 4.69) is 17.4 Å². The second kappa shape index (κ2) is 9.62. The van der Waals surface area contributed by atoms with Gasteiger partial charge >= 0.3 is 12.1 Å². The Bertz CT molecular complexity index is 650. The average molecular weight is 377 g/mol. The number of hydrogen-bond acceptors (Lipinski definition) is 5. The van der Waals surface area contributed by atoms with Crippen LogP contribution >= 0.6 is 0 Å². The third-order valence-electron chi connectivity index (χ3n) is 4.31. The molecule has 1 atom stereocenters. The van der Waals surface area contributed by atoms with Gasteiger partial charge in [-0.3, -0.25) is 4.79 Å². The van der Waals surface area contributed by atoms with E-state index >= 15 is 0 Å². The first kappa shape index (κ1) is 21.1. The van der Waals surface area contributed by atoms with Gasteiger partial charge in [0.05, 0.1) is 13.2 Å². The third-order valence-corrected chi connectivity index (χ3v) is 4.31. The highest BCUT2D eigenvalue weighted by atomic mass is 16.6. The number of esters is 1. The van der Waals surface area contributed by atoms with Crippen molar-refractivity contribution in [3.8, 4) is 5.75 Å². The van der Waals surface area contributed by atoms with Crippen molar-refractivity contribution in [3.05, 3.63) is 29.3 Å². The molecule has 1 N–H and O–H groups in total. The first-order valence-corrected chi connectivity index (χ1v) is 9.64. The number of benzene rings is 1. The number of nitrogens with one attached hydrogen (secondary N) is 1. The molecule has 0 fully saturated rings. The highest BCUT2D eigenvalue weighted by molar-refractivity contribution is 5.69. The van der Waals surface area contributed by atoms with Crippen LogP contribution in [0.5, 0.6) is 5.75 Å². The van der Waals surface area contributed by atoms with E-state index in [1.807, 2.05) is 33.8 Å². The minimum Gasteiger partial charge on any atom is -0.492 e. The Kier molecular flexibility index (Phi) is 7.51. The number of aryl methyl sites for hydroxylation is 1. The van der Waals surface area contributed by atoms with Crippen LogP contribution in [0.1, 0.15) is 51.7 Å². The van der Waals surface area contributed by atoms with Crippen molar-refractivity contribution in [2.45, 2.75) is 59.0 Å². The summed E-state index contributed by atoms with van der Waals surface area (Å²) in [5.41, 5.74) is 2.04. The van der Waals surface area contributed by atoms with Crippen LogP contribution in [0.4, 0.5) is 4.79 Å². The predicted molar refractivity (Wildman–Crippen MR) is 103 cm³/mol. The molecule has 1 aliphatic rings. The summed E-state index contributed by atoms with van der Waals surface area (Å²) in [4.78, 5) is 23.3. The molecule has 0 aliphatic heterocycles. The van der Waals surface area contributed by atoms with E-state index in [0.29, 0.717) is 32.1 Å². The summed E-state index contributed by atoms with van der Waals surface area (Å²) in [6, 6.07) is 6.08. The quantitative estimate of drug-likeness (QED) is 0.580. The largest absolute Gasteiger partial charge is 0.492 e. The molecule has 0 saturated carbocycles. The number of rotatable bonds is 7. The minimum absolute atomic E-state index is 0.108. The number of amides is 1. The van der Waals surface area contributed by atoms with Gasteiger partial charge in [0.1, 0.15) is 18.0 Å². The Morgan fingerprint density at radius 1 is 1.22 bits per heavy atom. The lowest BCUT2D eigenvalue weighted by Gasteiger charge is -2.24. The molecule has 27 heavy (non-hydrogen) atoms. The zero-order valence-electron chi connectivity index (χ0n) is 16.8. The number of hydrogen-bond donors (Lipinski definition) is 1. The van der Waals surface area contributed by atoms with Gasteiger partial charge in [0.25, 0.3) is 0 Å². The molecular formula is C21H31NO5. The first-order valence-electron chi connectivity index (χ1n) is 9.64. The highest BCUT2D eigenvalue weighted by Crippen LogP contribution is 2.30. The topological polar surface area (TPSA) is 73.9 Å². The second-order valence-electron chi connectivity index (χ2n) is 7.83. The molecule has 0 aromatic heterocycles. The van der Waals surface area contributed by atoms with Crippen LogP contribution in [0.2, 0.25) is 0 Å². The molecule has 1 aromatic rings. The van der Waals surface area contributed by atoms with Crippen molar-refractivity contribution >= 4 is 12.1 Å². The normalized spacial score (nSPS) is 16.2. The van der Waals surface area contributed by atoms with E-state index in [-0.39, 0.29) is 5.97 Å². The molecule has 0 heterocycles. The lowest BCUT2D eigenvalue weighted by molar-refractivity contribution is -0.144. The van der Waals surface area contributed by atoms with E-state index in [0.717, 1.165) is 25.0 Å². The summed E-state index contributed by atoms with van der Waals surface area (Å²) in [7, 11) is 0. The highest BCUT2D eigenvalue weighted by Gasteiger charge is 2.22. The van der Waals surface area contributed by atoms with E-state index in [9.17, 15) is 9.59 Å². The molecule has 6 nitrogen and oxygen atoms in total. The van der Waals surface area contributed by atoms with Crippen LogP contribution < -0.4 is 10.1 Å². The van der Waals surface area contributed by atoms with Crippen LogP contribution in [0.15, 0.2) is 18.2 Å². The van der Waals surface area contributed by atoms with E-state index in [4.69, 9.17) is 14.2 Å². The molecule has 6 heteroatoms. The Morgan fingerprint density at radius 2 is 2.00 bits per heavy atom. The second-order valence-corrected chi connectivity index (χ2v) is 7.83. The van der Waals surface area contributed by atoms with E-state index < -0.39 is 11.7 Å². The van der Waals surface area contributed by atoms with Crippen LogP contribution in [0.3, 0.4) is 0 Å². The van der Waals surface area contributed by atoms with Gasteiger partial charge in [-0.25, -0.2) is 4.79 Å². The fourth-order valence-electron chi connectivity index (χ4n) is 3.16. The summed E-state index contributed by atoms with van der Waals surface area (Å²) in [5, 5.41) is 2.68. The van der Waals surface area contributed by atoms with Crippen LogP contribution in [0, 0.1) is 5.92 Å². The molecule has 1 aliphatic carbocycles. The zero-order valence-corrected chi connectivity index (χ0v) is 16.8. The van der Waals surface area contributed by atoms with Gasteiger partial charge in [0.15, 0.2) is 0 Å². The maximum atomic E-state index is 11.7. The lowest BCUT2D eigenvalue weighted by Crippen LogP contribution is -2.34. The van der Waals surface area contributed by atoms with Crippen molar-refractivity contribution in [1.29, 1.82) is 0 Å². The van der Waals surface area contributed by atoms with Gasteiger partial charge in [-0.15, -0.1) is 0 Å². The van der Waals surface area contributed by atoms with E-state index in [1.165, 1.54) is 11.1 Å². The Labute approximate surface area is 161 Å². The number of ether oxygens (including phenoxy) is 3. The third kappa shape index (κ3) is 7.49. The van der Waals surface area contributed by atoms with Crippen molar-refractivity contribution < 1.29 is 23.8 Å². The number of alkyl carbamates (subject to hydrolysis) is 1. The standard InChI is InChI=1S/C21H31NO5/c1-5-25-19(23)13-15-6-7-17-14-18(9-8-16(17)12-15)26-11-10-22-20(24)27-21(2,3)4/h8-9,14-15H,5-7,10-13H2,1-4H3,(H,22,24). The zero-order chi connectivity index (χ0) is 19.9. The maximum absolute atomic E-state index is 11.7. The fourth-order valence-corrected chi connectivity index (χ4v) is 3.16. The maximum Gasteiger partial charge on any atom is 0.407 e. The monoisotopic (exact) mass is 377 g/mol. The average Bonchev–Trinajstić information content (AvgIpc) is 2.57. The Morgan fingerprint density at radius 3 is 2.70 bits per heavy atom. The Balaban J connectivity index is 1.77. The van der Waals surface area contributed by atoms with Gasteiger partial charge in [0.2, 0.25) is 0 Å². The molecular weight excluding hydrogens is 346 g/mol. The molecule has 2 rings (SSSR count). The van der Waals surface area contributed by atoms with Crippen LogP contribution in [0.25, 0.3) is 0 Å². The van der Waals surface area contributed by atoms with Gasteiger partial charge < -0.3 is 19.5 Å². The Hall–Kier alpha value is -2.24. The summed E-state index contributed by atoms with van der Waals surface area (Å²) < 4.78 is 16.0. The van der Waals surface area contributed by atoms with Crippen LogP contribution in [-0.2, 0) is 27.1 Å². The van der Waals surface area contributed by atoms with Crippen LogP contribution in [-0.4, -0.2) is 37.4 Å². The summed E-state index contributed by atoms with van der Waals surface area (Å²) >= 11 is 0. The summed E-state index contributed by atoms with van der Waals surface area (Å²) in [6.45, 7) is 8.51. The van der Waals surface area contributed by atoms with Gasteiger partial charge in [0, 0.05) is 6.42 Å². The number of carbonyl (C=O) groups excluding carboxylic acids is 2. The van der Waals surface area contributed by atoms with Crippen molar-refractivity contribution in [2.75, 3.05) is 19.8 Å². The van der Waals surface area contributed by atoms with Gasteiger partial charge in [-0.05, 0) is 76.1 Å². The van der Waals surface area contributed by atoms with Gasteiger partial charge in [-0.1, -0.05) is 6.07 Å². The van der Waals surface area contributed by atoms with Crippen molar-refractivity contribution in [2.24, 2.45) is 5.92 Å². The van der Waals surface area contributed by atoms with E-state index in [1.54, 1.807) is 0 Å². The summed E-state index contributed by atoms with van der Waals surface area (Å²) in [6.07, 6.45) is 2.86. The molecule has 0 spiro atoms. The number of carbonyl (C=O) groups is 2. The molecule has 1 amide bonds. The molecule has 1 aromatic carbocycles. The summed E-state index contributed by atoms with van der Waals surface area (Å²) in [5.74, 6) is 1.04. The number of fused-ring (bicyclic) bond motifs is 1. The predicted octanol–water partition coefficient (Wildman–Crippen LogP) is 3.65. The molecule has 150 valence electrons. The first-order chi connectivity index (χ1) is 12.8. The molecule has 0 saturated heterocycles. The van der Waals surface area contributed by atoms with Crippen molar-refractivity contribution in [1.82, 2.24) is 5.32 Å². The SMILES string of the molecule is CCOC(=O)CC1CCc2cc(OCCNC(=O)OC(C)(C)C)ccc2C1. The molecule has 0 radical (unpaired) electrons. The lowest BCUT2D eigenvalue weighted by atomic mass is 9.82. The van der Waals surface area contributed by atoms with Gasteiger partial charge in [-0.2, -0.15) is 0 Å². The smallest absolute Gasteiger partial charge is 0.407 e. The fraction of sp³-hybridized carbons (Fsp3) is 0.619. The minimum atomic E-state index is -0.505.